The van der Waals surface area contributed by atoms with E-state index in [9.17, 15) is 9.81 Å². The summed E-state index contributed by atoms with van der Waals surface area (Å²) >= 11 is 11.0. The molecule has 0 atom stereocenters. The molecule has 0 aliphatic carbocycles. The van der Waals surface area contributed by atoms with Crippen LogP contribution in [0.1, 0.15) is 0 Å². The van der Waals surface area contributed by atoms with Crippen LogP contribution in [0.5, 0.6) is 0 Å². The predicted molar refractivity (Wildman–Crippen MR) is 81.1 cm³/mol. The number of alkyl halides is 2. The normalized spacial score (nSPS) is 10.1. The van der Waals surface area contributed by atoms with Gasteiger partial charge < -0.3 is 0 Å². The first-order chi connectivity index (χ1) is 8.78. The van der Waals surface area contributed by atoms with Gasteiger partial charge in [-0.15, -0.1) is 33.0 Å². The molecule has 18 heavy (non-hydrogen) atoms. The van der Waals surface area contributed by atoms with Crippen molar-refractivity contribution >= 4 is 44.8 Å². The molecule has 0 spiro atoms. The highest BCUT2D eigenvalue weighted by molar-refractivity contribution is 8.76. The summed E-state index contributed by atoms with van der Waals surface area (Å²) in [6.07, 6.45) is 0. The molecule has 0 rings (SSSR count). The van der Waals surface area contributed by atoms with Crippen molar-refractivity contribution in [3.63, 3.8) is 0 Å². The second-order valence-electron chi connectivity index (χ2n) is 3.09. The minimum Gasteiger partial charge on any atom is -0.259 e. The SMILES string of the molecule is O=NN(CCCl)CCSSCCN(CCCl)N=O. The van der Waals surface area contributed by atoms with Gasteiger partial charge in [0.05, 0.1) is 23.7 Å². The molecule has 0 aromatic rings. The van der Waals surface area contributed by atoms with Crippen molar-refractivity contribution in [3.8, 4) is 0 Å². The molecule has 6 nitrogen and oxygen atoms in total. The summed E-state index contributed by atoms with van der Waals surface area (Å²) in [7, 11) is 3.25. The molecule has 0 saturated heterocycles. The lowest BCUT2D eigenvalue weighted by Crippen LogP contribution is -2.22. The summed E-state index contributed by atoms with van der Waals surface area (Å²) in [4.78, 5) is 20.7. The van der Waals surface area contributed by atoms with Crippen LogP contribution in [0.25, 0.3) is 0 Å². The van der Waals surface area contributed by atoms with Crippen LogP contribution in [0, 0.1) is 9.81 Å². The first-order valence-electron chi connectivity index (χ1n) is 5.31. The zero-order chi connectivity index (χ0) is 13.6. The lowest BCUT2D eigenvalue weighted by molar-refractivity contribution is 0.321. The molecule has 0 N–H and O–H groups in total. The van der Waals surface area contributed by atoms with E-state index in [2.05, 4.69) is 10.6 Å². The minimum absolute atomic E-state index is 0.391. The summed E-state index contributed by atoms with van der Waals surface area (Å²) in [5.41, 5.74) is 0. The molecule has 106 valence electrons. The average Bonchev–Trinajstić information content (AvgIpc) is 2.39. The topological polar surface area (TPSA) is 65.3 Å². The molecular formula is C8H16Cl2N4O2S2. The summed E-state index contributed by atoms with van der Waals surface area (Å²) in [6.45, 7) is 2.08. The maximum absolute atomic E-state index is 10.3. The molecule has 0 fully saturated rings. The van der Waals surface area contributed by atoms with E-state index in [0.29, 0.717) is 37.9 Å². The first kappa shape index (κ1) is 18.1. The van der Waals surface area contributed by atoms with Crippen LogP contribution in [0.2, 0.25) is 0 Å². The maximum atomic E-state index is 10.3. The predicted octanol–water partition coefficient (Wildman–Crippen LogP) is 2.81. The van der Waals surface area contributed by atoms with E-state index in [0.717, 1.165) is 11.5 Å². The van der Waals surface area contributed by atoms with Gasteiger partial charge in [0.1, 0.15) is 0 Å². The largest absolute Gasteiger partial charge is 0.259 e. The van der Waals surface area contributed by atoms with Crippen molar-refractivity contribution in [2.24, 2.45) is 10.6 Å². The third kappa shape index (κ3) is 10.0. The monoisotopic (exact) mass is 334 g/mol. The van der Waals surface area contributed by atoms with E-state index in [1.807, 2.05) is 0 Å². The van der Waals surface area contributed by atoms with Crippen LogP contribution in [0.4, 0.5) is 0 Å². The highest BCUT2D eigenvalue weighted by Crippen LogP contribution is 2.21. The average molecular weight is 335 g/mol. The molecule has 0 aliphatic rings. The Balaban J connectivity index is 3.44. The van der Waals surface area contributed by atoms with E-state index in [4.69, 9.17) is 23.2 Å². The molecule has 0 aromatic carbocycles. The fraction of sp³-hybridized carbons (Fsp3) is 1.00. The minimum atomic E-state index is 0.391. The molecular weight excluding hydrogens is 319 g/mol. The number of rotatable bonds is 13. The van der Waals surface area contributed by atoms with Crippen molar-refractivity contribution in [2.75, 3.05) is 49.4 Å². The van der Waals surface area contributed by atoms with E-state index in [-0.39, 0.29) is 0 Å². The summed E-state index contributed by atoms with van der Waals surface area (Å²) in [5, 5.41) is 8.51. The third-order valence-electron chi connectivity index (χ3n) is 1.87. The van der Waals surface area contributed by atoms with Gasteiger partial charge in [0.25, 0.3) is 0 Å². The Morgan fingerprint density at radius 1 is 0.778 bits per heavy atom. The van der Waals surface area contributed by atoms with E-state index in [1.165, 1.54) is 10.0 Å². The highest BCUT2D eigenvalue weighted by Gasteiger charge is 2.03. The molecule has 0 aromatic heterocycles. The number of halogens is 2. The summed E-state index contributed by atoms with van der Waals surface area (Å²) in [6, 6.07) is 0. The van der Waals surface area contributed by atoms with Gasteiger partial charge in [0.15, 0.2) is 0 Å². The molecule has 0 radical (unpaired) electrons. The second kappa shape index (κ2) is 13.5. The summed E-state index contributed by atoms with van der Waals surface area (Å²) < 4.78 is 0. The Bertz CT molecular complexity index is 207. The van der Waals surface area contributed by atoms with Crippen LogP contribution in [0.3, 0.4) is 0 Å². The molecule has 0 saturated carbocycles. The fourth-order valence-corrected chi connectivity index (χ4v) is 3.34. The van der Waals surface area contributed by atoms with Crippen LogP contribution >= 0.6 is 44.8 Å². The van der Waals surface area contributed by atoms with E-state index in [1.54, 1.807) is 21.6 Å². The van der Waals surface area contributed by atoms with Crippen molar-refractivity contribution in [2.45, 2.75) is 0 Å². The lowest BCUT2D eigenvalue weighted by Gasteiger charge is -2.14. The Kier molecular flexibility index (Phi) is 13.6. The lowest BCUT2D eigenvalue weighted by atomic mass is 10.6. The van der Waals surface area contributed by atoms with E-state index < -0.39 is 0 Å². The van der Waals surface area contributed by atoms with Crippen LogP contribution < -0.4 is 0 Å². The molecule has 0 aliphatic heterocycles. The van der Waals surface area contributed by atoms with Gasteiger partial charge in [-0.1, -0.05) is 21.6 Å². The standard InChI is InChI=1S/C8H16Cl2N4O2S2/c9-1-3-13(11-15)5-7-17-18-8-6-14(12-16)4-2-10/h1-8H2. The molecule has 0 amide bonds. The number of nitrogens with zero attached hydrogens (tertiary/aromatic N) is 4. The second-order valence-corrected chi connectivity index (χ2v) is 6.55. The highest BCUT2D eigenvalue weighted by atomic mass is 35.5. The maximum Gasteiger partial charge on any atom is 0.0528 e. The third-order valence-corrected chi connectivity index (χ3v) is 4.57. The summed E-state index contributed by atoms with van der Waals surface area (Å²) in [5.74, 6) is 2.33. The van der Waals surface area contributed by atoms with Gasteiger partial charge in [-0.2, -0.15) is 0 Å². The fourth-order valence-electron chi connectivity index (χ4n) is 0.985. The Morgan fingerprint density at radius 3 is 1.44 bits per heavy atom. The zero-order valence-electron chi connectivity index (χ0n) is 9.83. The van der Waals surface area contributed by atoms with Crippen LogP contribution in [0.15, 0.2) is 10.6 Å². The number of hydrogen-bond donors (Lipinski definition) is 0. The van der Waals surface area contributed by atoms with E-state index >= 15 is 0 Å². The first-order valence-corrected chi connectivity index (χ1v) is 8.87. The Morgan fingerprint density at radius 2 is 1.17 bits per heavy atom. The van der Waals surface area contributed by atoms with Gasteiger partial charge in [-0.3, -0.25) is 10.0 Å². The Hall–Kier alpha value is 0.0800. The quantitative estimate of drug-likeness (QED) is 0.170. The van der Waals surface area contributed by atoms with Gasteiger partial charge in [-0.25, -0.2) is 0 Å². The number of hydrogen-bond acceptors (Lipinski definition) is 6. The van der Waals surface area contributed by atoms with Crippen molar-refractivity contribution in [1.82, 2.24) is 10.0 Å². The van der Waals surface area contributed by atoms with Gasteiger partial charge in [0, 0.05) is 36.4 Å². The molecule has 0 unspecified atom stereocenters. The van der Waals surface area contributed by atoms with Crippen LogP contribution in [-0.4, -0.2) is 59.5 Å². The van der Waals surface area contributed by atoms with Gasteiger partial charge in [-0.05, 0) is 0 Å². The number of nitroso groups, excluding NO2 is 2. The van der Waals surface area contributed by atoms with Crippen LogP contribution in [-0.2, 0) is 0 Å². The van der Waals surface area contributed by atoms with Crippen molar-refractivity contribution < 1.29 is 0 Å². The van der Waals surface area contributed by atoms with Crippen molar-refractivity contribution in [3.05, 3.63) is 9.81 Å². The molecule has 0 heterocycles. The van der Waals surface area contributed by atoms with Crippen molar-refractivity contribution in [1.29, 1.82) is 0 Å². The van der Waals surface area contributed by atoms with Gasteiger partial charge >= 0.3 is 0 Å². The smallest absolute Gasteiger partial charge is 0.0528 e. The molecule has 10 heteroatoms. The zero-order valence-corrected chi connectivity index (χ0v) is 13.0. The Labute approximate surface area is 124 Å². The molecule has 0 bridgehead atoms. The van der Waals surface area contributed by atoms with Gasteiger partial charge in [0.2, 0.25) is 0 Å².